The second-order valence-corrected chi connectivity index (χ2v) is 5.69. The third-order valence-corrected chi connectivity index (χ3v) is 3.96. The molecule has 1 saturated heterocycles. The quantitative estimate of drug-likeness (QED) is 0.850. The lowest BCUT2D eigenvalue weighted by atomic mass is 10.1. The van der Waals surface area contributed by atoms with Crippen LogP contribution in [0.1, 0.15) is 12.0 Å². The fourth-order valence-electron chi connectivity index (χ4n) is 2.57. The van der Waals surface area contributed by atoms with Crippen LogP contribution in [0.3, 0.4) is 0 Å². The second-order valence-electron chi connectivity index (χ2n) is 5.69. The van der Waals surface area contributed by atoms with Crippen LogP contribution in [0.5, 0.6) is 17.4 Å². The van der Waals surface area contributed by atoms with Crippen molar-refractivity contribution in [3.63, 3.8) is 0 Å². The number of amides is 1. The van der Waals surface area contributed by atoms with Gasteiger partial charge in [0, 0.05) is 31.4 Å². The van der Waals surface area contributed by atoms with Gasteiger partial charge in [-0.25, -0.2) is 4.98 Å². The number of methoxy groups -OCH3 is 1. The zero-order chi connectivity index (χ0) is 16.8. The molecule has 2 N–H and O–H groups in total. The Bertz CT molecular complexity index is 682. The van der Waals surface area contributed by atoms with Crippen molar-refractivity contribution < 1.29 is 14.3 Å². The predicted octanol–water partition coefficient (Wildman–Crippen LogP) is 2.11. The normalized spacial score (nSPS) is 16.6. The van der Waals surface area contributed by atoms with Gasteiger partial charge in [0.2, 0.25) is 11.8 Å². The Morgan fingerprint density at radius 3 is 2.92 bits per heavy atom. The smallest absolute Gasteiger partial charge is 0.224 e. The van der Waals surface area contributed by atoms with E-state index in [9.17, 15) is 4.79 Å². The number of rotatable bonds is 6. The Labute approximate surface area is 141 Å². The molecule has 1 aliphatic heterocycles. The van der Waals surface area contributed by atoms with Gasteiger partial charge in [-0.15, -0.1) is 0 Å². The molecule has 3 rings (SSSR count). The molecule has 2 aromatic rings. The minimum atomic E-state index is 0.0774. The molecule has 2 heterocycles. The van der Waals surface area contributed by atoms with Crippen LogP contribution in [0.4, 0.5) is 0 Å². The summed E-state index contributed by atoms with van der Waals surface area (Å²) in [4.78, 5) is 16.3. The first-order valence-corrected chi connectivity index (χ1v) is 8.00. The van der Waals surface area contributed by atoms with Crippen LogP contribution in [0.15, 0.2) is 42.6 Å². The van der Waals surface area contributed by atoms with Gasteiger partial charge in [-0.2, -0.15) is 0 Å². The Morgan fingerprint density at radius 1 is 1.33 bits per heavy atom. The van der Waals surface area contributed by atoms with Crippen LogP contribution >= 0.6 is 0 Å². The first kappa shape index (κ1) is 16.3. The van der Waals surface area contributed by atoms with Crippen LogP contribution in [0.25, 0.3) is 0 Å². The number of nitrogens with one attached hydrogen (secondary N) is 2. The lowest BCUT2D eigenvalue weighted by molar-refractivity contribution is -0.124. The maximum atomic E-state index is 12.0. The number of carbonyl (C=O) groups is 1. The number of hydrogen-bond donors (Lipinski definition) is 2. The van der Waals surface area contributed by atoms with Crippen molar-refractivity contribution in [2.45, 2.75) is 13.0 Å². The molecule has 1 atom stereocenters. The van der Waals surface area contributed by atoms with Crippen molar-refractivity contribution in [3.05, 3.63) is 48.2 Å². The summed E-state index contributed by atoms with van der Waals surface area (Å²) in [6.45, 7) is 2.15. The van der Waals surface area contributed by atoms with Crippen molar-refractivity contribution in [1.29, 1.82) is 0 Å². The molecule has 0 spiro atoms. The Hall–Kier alpha value is -2.60. The Morgan fingerprint density at radius 2 is 2.21 bits per heavy atom. The SMILES string of the molecule is COc1cccc(Oc2ccc(CNC(=O)C3CCNC3)cn2)c1. The molecular formula is C18H21N3O3. The molecule has 6 nitrogen and oxygen atoms in total. The number of ether oxygens (including phenoxy) is 2. The number of benzene rings is 1. The highest BCUT2D eigenvalue weighted by atomic mass is 16.5. The van der Waals surface area contributed by atoms with Gasteiger partial charge < -0.3 is 20.1 Å². The molecule has 0 radical (unpaired) electrons. The van der Waals surface area contributed by atoms with Gasteiger partial charge in [0.1, 0.15) is 11.5 Å². The summed E-state index contributed by atoms with van der Waals surface area (Å²) in [5.74, 6) is 2.06. The lowest BCUT2D eigenvalue weighted by Crippen LogP contribution is -2.31. The standard InChI is InChI=1S/C18H21N3O3/c1-23-15-3-2-4-16(9-15)24-17-6-5-13(10-20-17)11-21-18(22)14-7-8-19-12-14/h2-6,9-10,14,19H,7-8,11-12H2,1H3,(H,21,22). The van der Waals surface area contributed by atoms with Crippen molar-refractivity contribution >= 4 is 5.91 Å². The molecule has 1 amide bonds. The van der Waals surface area contributed by atoms with Crippen molar-refractivity contribution in [2.75, 3.05) is 20.2 Å². The van der Waals surface area contributed by atoms with Crippen molar-refractivity contribution in [3.8, 4) is 17.4 Å². The van der Waals surface area contributed by atoms with E-state index in [-0.39, 0.29) is 11.8 Å². The summed E-state index contributed by atoms with van der Waals surface area (Å²) in [6.07, 6.45) is 2.61. The van der Waals surface area contributed by atoms with Gasteiger partial charge in [-0.05, 0) is 30.7 Å². The highest BCUT2D eigenvalue weighted by Crippen LogP contribution is 2.23. The number of nitrogens with zero attached hydrogens (tertiary/aromatic N) is 1. The van der Waals surface area contributed by atoms with E-state index in [4.69, 9.17) is 9.47 Å². The van der Waals surface area contributed by atoms with E-state index in [0.29, 0.717) is 18.2 Å². The van der Waals surface area contributed by atoms with E-state index in [1.54, 1.807) is 25.4 Å². The maximum Gasteiger partial charge on any atom is 0.224 e. The number of carbonyl (C=O) groups excluding carboxylic acids is 1. The molecule has 126 valence electrons. The summed E-state index contributed by atoms with van der Waals surface area (Å²) in [5.41, 5.74) is 0.937. The van der Waals surface area contributed by atoms with E-state index < -0.39 is 0 Å². The molecule has 24 heavy (non-hydrogen) atoms. The van der Waals surface area contributed by atoms with Crippen LogP contribution in [0.2, 0.25) is 0 Å². The lowest BCUT2D eigenvalue weighted by Gasteiger charge is -2.10. The predicted molar refractivity (Wildman–Crippen MR) is 90.1 cm³/mol. The molecule has 1 unspecified atom stereocenters. The first-order valence-electron chi connectivity index (χ1n) is 8.00. The monoisotopic (exact) mass is 327 g/mol. The molecule has 1 aliphatic rings. The zero-order valence-electron chi connectivity index (χ0n) is 13.6. The average Bonchev–Trinajstić information content (AvgIpc) is 3.16. The first-order chi connectivity index (χ1) is 11.7. The van der Waals surface area contributed by atoms with Crippen LogP contribution in [0, 0.1) is 5.92 Å². The van der Waals surface area contributed by atoms with Crippen LogP contribution in [-0.2, 0) is 11.3 Å². The Balaban J connectivity index is 1.53. The highest BCUT2D eigenvalue weighted by molar-refractivity contribution is 5.79. The highest BCUT2D eigenvalue weighted by Gasteiger charge is 2.21. The van der Waals surface area contributed by atoms with Gasteiger partial charge in [-0.1, -0.05) is 12.1 Å². The molecule has 1 aromatic carbocycles. The summed E-state index contributed by atoms with van der Waals surface area (Å²) in [7, 11) is 1.61. The Kier molecular flexibility index (Phi) is 5.28. The van der Waals surface area contributed by atoms with E-state index in [1.165, 1.54) is 0 Å². The van der Waals surface area contributed by atoms with Gasteiger partial charge in [-0.3, -0.25) is 4.79 Å². The van der Waals surface area contributed by atoms with Crippen LogP contribution < -0.4 is 20.1 Å². The minimum absolute atomic E-state index is 0.0774. The van der Waals surface area contributed by atoms with Gasteiger partial charge in [0.25, 0.3) is 0 Å². The largest absolute Gasteiger partial charge is 0.497 e. The van der Waals surface area contributed by atoms with Gasteiger partial charge >= 0.3 is 0 Å². The topological polar surface area (TPSA) is 72.5 Å². The van der Waals surface area contributed by atoms with E-state index in [0.717, 1.165) is 30.8 Å². The van der Waals surface area contributed by atoms with E-state index in [1.807, 2.05) is 24.3 Å². The molecule has 1 aromatic heterocycles. The molecule has 6 heteroatoms. The van der Waals surface area contributed by atoms with E-state index >= 15 is 0 Å². The molecule has 0 aliphatic carbocycles. The summed E-state index contributed by atoms with van der Waals surface area (Å²) in [5, 5.41) is 6.14. The number of aromatic nitrogens is 1. The average molecular weight is 327 g/mol. The maximum absolute atomic E-state index is 12.0. The minimum Gasteiger partial charge on any atom is -0.497 e. The third-order valence-electron chi connectivity index (χ3n) is 3.96. The number of hydrogen-bond acceptors (Lipinski definition) is 5. The molecule has 0 bridgehead atoms. The molecule has 1 fully saturated rings. The summed E-state index contributed by atoms with van der Waals surface area (Å²) in [6, 6.07) is 11.0. The van der Waals surface area contributed by atoms with Crippen LogP contribution in [-0.4, -0.2) is 31.1 Å². The summed E-state index contributed by atoms with van der Waals surface area (Å²) >= 11 is 0. The number of pyridine rings is 1. The van der Waals surface area contributed by atoms with Gasteiger partial charge in [0.05, 0.1) is 13.0 Å². The van der Waals surface area contributed by atoms with Crippen molar-refractivity contribution in [1.82, 2.24) is 15.6 Å². The molecular weight excluding hydrogens is 306 g/mol. The van der Waals surface area contributed by atoms with Crippen molar-refractivity contribution in [2.24, 2.45) is 5.92 Å². The zero-order valence-corrected chi connectivity index (χ0v) is 13.6. The third kappa shape index (κ3) is 4.23. The second kappa shape index (κ2) is 7.79. The van der Waals surface area contributed by atoms with E-state index in [2.05, 4.69) is 15.6 Å². The summed E-state index contributed by atoms with van der Waals surface area (Å²) < 4.78 is 10.9. The fraction of sp³-hybridized carbons (Fsp3) is 0.333. The molecule has 0 saturated carbocycles. The van der Waals surface area contributed by atoms with Gasteiger partial charge in [0.15, 0.2) is 0 Å². The fourth-order valence-corrected chi connectivity index (χ4v) is 2.57.